The molecule has 22 heavy (non-hydrogen) atoms. The topological polar surface area (TPSA) is 33.2 Å². The standard InChI is InChI=1S/C18H24N2OS/c1-5-14-11-15-10-13(4)8-9-16(15)19-18(14)22-12-17(21)20(6-2)7-3/h8-11H,5-7,12H2,1-4H3. The van der Waals surface area contributed by atoms with Crippen molar-refractivity contribution in [2.24, 2.45) is 0 Å². The molecule has 118 valence electrons. The lowest BCUT2D eigenvalue weighted by Crippen LogP contribution is -2.31. The van der Waals surface area contributed by atoms with Gasteiger partial charge in [0.2, 0.25) is 5.91 Å². The zero-order valence-corrected chi connectivity index (χ0v) is 14.7. The minimum atomic E-state index is 0.183. The number of nitrogens with zero attached hydrogens (tertiary/aromatic N) is 2. The fourth-order valence-electron chi connectivity index (χ4n) is 2.50. The molecule has 0 spiro atoms. The molecule has 4 heteroatoms. The molecule has 1 aromatic carbocycles. The van der Waals surface area contributed by atoms with Crippen LogP contribution in [-0.2, 0) is 11.2 Å². The fraction of sp³-hybridized carbons (Fsp3) is 0.444. The molecule has 0 atom stereocenters. The van der Waals surface area contributed by atoms with Crippen molar-refractivity contribution in [2.45, 2.75) is 39.1 Å². The summed E-state index contributed by atoms with van der Waals surface area (Å²) in [5, 5.41) is 2.16. The third kappa shape index (κ3) is 3.80. The van der Waals surface area contributed by atoms with Crippen LogP contribution in [0.5, 0.6) is 0 Å². The number of carbonyl (C=O) groups is 1. The average molecular weight is 316 g/mol. The van der Waals surface area contributed by atoms with Crippen LogP contribution in [0, 0.1) is 6.92 Å². The highest BCUT2D eigenvalue weighted by atomic mass is 32.2. The van der Waals surface area contributed by atoms with Crippen molar-refractivity contribution in [2.75, 3.05) is 18.8 Å². The maximum atomic E-state index is 12.2. The van der Waals surface area contributed by atoms with Crippen LogP contribution in [0.25, 0.3) is 10.9 Å². The molecule has 0 aliphatic rings. The number of aryl methyl sites for hydroxylation is 2. The SMILES string of the molecule is CCc1cc2cc(C)ccc2nc1SCC(=O)N(CC)CC. The molecule has 0 radical (unpaired) electrons. The first-order valence-corrected chi connectivity index (χ1v) is 8.88. The fourth-order valence-corrected chi connectivity index (χ4v) is 3.49. The van der Waals surface area contributed by atoms with Crippen LogP contribution in [0.2, 0.25) is 0 Å². The van der Waals surface area contributed by atoms with Crippen LogP contribution in [0.4, 0.5) is 0 Å². The quantitative estimate of drug-likeness (QED) is 0.753. The van der Waals surface area contributed by atoms with Crippen molar-refractivity contribution in [3.8, 4) is 0 Å². The Kier molecular flexibility index (Phi) is 5.83. The summed E-state index contributed by atoms with van der Waals surface area (Å²) >= 11 is 1.56. The molecule has 0 N–H and O–H groups in total. The van der Waals surface area contributed by atoms with E-state index in [2.05, 4.69) is 38.1 Å². The van der Waals surface area contributed by atoms with E-state index < -0.39 is 0 Å². The van der Waals surface area contributed by atoms with Gasteiger partial charge >= 0.3 is 0 Å². The van der Waals surface area contributed by atoms with Gasteiger partial charge in [-0.3, -0.25) is 4.79 Å². The number of benzene rings is 1. The van der Waals surface area contributed by atoms with Crippen molar-refractivity contribution >= 4 is 28.6 Å². The molecule has 1 amide bonds. The van der Waals surface area contributed by atoms with E-state index in [-0.39, 0.29) is 5.91 Å². The largest absolute Gasteiger partial charge is 0.343 e. The van der Waals surface area contributed by atoms with Gasteiger partial charge in [-0.25, -0.2) is 4.98 Å². The number of carbonyl (C=O) groups excluding carboxylic acids is 1. The van der Waals surface area contributed by atoms with E-state index in [0.717, 1.165) is 30.1 Å². The Labute approximate surface area is 137 Å². The Morgan fingerprint density at radius 2 is 1.91 bits per heavy atom. The molecule has 0 aliphatic carbocycles. The summed E-state index contributed by atoms with van der Waals surface area (Å²) in [6.45, 7) is 9.79. The Balaban J connectivity index is 2.23. The van der Waals surface area contributed by atoms with Crippen LogP contribution in [-0.4, -0.2) is 34.6 Å². The molecule has 0 saturated carbocycles. The molecule has 2 aromatic rings. The first kappa shape index (κ1) is 16.8. The van der Waals surface area contributed by atoms with Gasteiger partial charge in [-0.2, -0.15) is 0 Å². The second kappa shape index (κ2) is 7.63. The molecule has 1 aromatic heterocycles. The van der Waals surface area contributed by atoms with Crippen molar-refractivity contribution in [3.63, 3.8) is 0 Å². The summed E-state index contributed by atoms with van der Waals surface area (Å²) in [4.78, 5) is 18.8. The van der Waals surface area contributed by atoms with E-state index in [4.69, 9.17) is 4.98 Å². The van der Waals surface area contributed by atoms with Crippen LogP contribution < -0.4 is 0 Å². The molecule has 3 nitrogen and oxygen atoms in total. The van der Waals surface area contributed by atoms with Crippen molar-refractivity contribution in [1.82, 2.24) is 9.88 Å². The van der Waals surface area contributed by atoms with E-state index in [1.807, 2.05) is 18.7 Å². The molecule has 0 fully saturated rings. The van der Waals surface area contributed by atoms with Gasteiger partial charge in [0.25, 0.3) is 0 Å². The summed E-state index contributed by atoms with van der Waals surface area (Å²) < 4.78 is 0. The van der Waals surface area contributed by atoms with Crippen molar-refractivity contribution in [3.05, 3.63) is 35.4 Å². The highest BCUT2D eigenvalue weighted by Crippen LogP contribution is 2.26. The van der Waals surface area contributed by atoms with E-state index in [9.17, 15) is 4.79 Å². The van der Waals surface area contributed by atoms with Gasteiger partial charge in [-0.05, 0) is 51.0 Å². The maximum absolute atomic E-state index is 12.2. The van der Waals surface area contributed by atoms with Gasteiger partial charge < -0.3 is 4.90 Å². The smallest absolute Gasteiger partial charge is 0.232 e. The number of hydrogen-bond donors (Lipinski definition) is 0. The third-order valence-corrected chi connectivity index (χ3v) is 4.86. The first-order valence-electron chi connectivity index (χ1n) is 7.89. The van der Waals surface area contributed by atoms with Crippen LogP contribution in [0.3, 0.4) is 0 Å². The molecule has 0 saturated heterocycles. The van der Waals surface area contributed by atoms with Crippen molar-refractivity contribution < 1.29 is 4.79 Å². The number of aromatic nitrogens is 1. The molecule has 0 bridgehead atoms. The van der Waals surface area contributed by atoms with Gasteiger partial charge in [0, 0.05) is 18.5 Å². The summed E-state index contributed by atoms with van der Waals surface area (Å²) in [6.07, 6.45) is 0.929. The summed E-state index contributed by atoms with van der Waals surface area (Å²) in [5.41, 5.74) is 3.46. The monoisotopic (exact) mass is 316 g/mol. The third-order valence-electron chi connectivity index (χ3n) is 3.84. The van der Waals surface area contributed by atoms with Gasteiger partial charge in [0.15, 0.2) is 0 Å². The minimum absolute atomic E-state index is 0.183. The van der Waals surface area contributed by atoms with E-state index in [0.29, 0.717) is 5.75 Å². The van der Waals surface area contributed by atoms with Crippen LogP contribution >= 0.6 is 11.8 Å². The number of thioether (sulfide) groups is 1. The van der Waals surface area contributed by atoms with Gasteiger partial charge in [0.05, 0.1) is 11.3 Å². The summed E-state index contributed by atoms with van der Waals surface area (Å²) in [6, 6.07) is 8.51. The predicted molar refractivity (Wildman–Crippen MR) is 94.5 cm³/mol. The average Bonchev–Trinajstić information content (AvgIpc) is 2.53. The molecule has 0 aliphatic heterocycles. The number of fused-ring (bicyclic) bond motifs is 1. The van der Waals surface area contributed by atoms with E-state index >= 15 is 0 Å². The summed E-state index contributed by atoms with van der Waals surface area (Å²) in [7, 11) is 0. The molecular formula is C18H24N2OS. The maximum Gasteiger partial charge on any atom is 0.232 e. The zero-order chi connectivity index (χ0) is 16.1. The molecular weight excluding hydrogens is 292 g/mol. The highest BCUT2D eigenvalue weighted by Gasteiger charge is 2.13. The normalized spacial score (nSPS) is 10.9. The lowest BCUT2D eigenvalue weighted by molar-refractivity contribution is -0.127. The minimum Gasteiger partial charge on any atom is -0.343 e. The van der Waals surface area contributed by atoms with E-state index in [1.54, 1.807) is 11.8 Å². The van der Waals surface area contributed by atoms with Crippen LogP contribution in [0.1, 0.15) is 31.9 Å². The number of rotatable bonds is 6. The Bertz CT molecular complexity index is 665. The van der Waals surface area contributed by atoms with Gasteiger partial charge in [0.1, 0.15) is 5.03 Å². The Morgan fingerprint density at radius 3 is 2.55 bits per heavy atom. The second-order valence-electron chi connectivity index (χ2n) is 5.36. The predicted octanol–water partition coefficient (Wildman–Crippen LogP) is 4.07. The molecule has 0 unspecified atom stereocenters. The second-order valence-corrected chi connectivity index (χ2v) is 6.32. The Hall–Kier alpha value is -1.55. The highest BCUT2D eigenvalue weighted by molar-refractivity contribution is 7.99. The van der Waals surface area contributed by atoms with Crippen LogP contribution in [0.15, 0.2) is 29.3 Å². The van der Waals surface area contributed by atoms with E-state index in [1.165, 1.54) is 16.5 Å². The first-order chi connectivity index (χ1) is 10.6. The molecule has 1 heterocycles. The lowest BCUT2D eigenvalue weighted by Gasteiger charge is -2.18. The van der Waals surface area contributed by atoms with Gasteiger partial charge in [-0.15, -0.1) is 0 Å². The molecule has 2 rings (SSSR count). The number of pyridine rings is 1. The lowest BCUT2D eigenvalue weighted by atomic mass is 10.1. The van der Waals surface area contributed by atoms with Gasteiger partial charge in [-0.1, -0.05) is 30.3 Å². The number of hydrogen-bond acceptors (Lipinski definition) is 3. The number of amides is 1. The zero-order valence-electron chi connectivity index (χ0n) is 13.8. The van der Waals surface area contributed by atoms with Crippen molar-refractivity contribution in [1.29, 1.82) is 0 Å². The Morgan fingerprint density at radius 1 is 1.18 bits per heavy atom. The summed E-state index contributed by atoms with van der Waals surface area (Å²) in [5.74, 6) is 0.641.